The first-order valence-corrected chi connectivity index (χ1v) is 20.0. The molecule has 0 saturated heterocycles. The van der Waals surface area contributed by atoms with E-state index in [1.165, 1.54) is 38.5 Å². The van der Waals surface area contributed by atoms with Gasteiger partial charge in [-0.15, -0.1) is 0 Å². The number of likely N-dealkylation sites (N-methyl/N-ethyl adjacent to an activating group) is 1. The number of carbonyl (C=O) groups is 3. The summed E-state index contributed by atoms with van der Waals surface area (Å²) >= 11 is 0. The summed E-state index contributed by atoms with van der Waals surface area (Å²) in [5.74, 6) is -1.91. The van der Waals surface area contributed by atoms with Gasteiger partial charge in [0.05, 0.1) is 46.7 Å². The fraction of sp³-hybridized carbons (Fsp3) is 0.659. The summed E-state index contributed by atoms with van der Waals surface area (Å²) in [6, 6.07) is -0.741. The van der Waals surface area contributed by atoms with Crippen LogP contribution in [0.2, 0.25) is 0 Å². The zero-order chi connectivity index (χ0) is 38.5. The van der Waals surface area contributed by atoms with Crippen LogP contribution in [0.3, 0.4) is 0 Å². The van der Waals surface area contributed by atoms with Crippen LogP contribution in [0.5, 0.6) is 0 Å². The molecule has 0 aromatic rings. The second-order valence-electron chi connectivity index (χ2n) is 14.1. The lowest BCUT2D eigenvalue weighted by molar-refractivity contribution is -0.889. The highest BCUT2D eigenvalue weighted by Gasteiger charge is 2.25. The molecule has 0 aromatic carbocycles. The summed E-state index contributed by atoms with van der Waals surface area (Å²) in [5, 5.41) is 11.6. The number of rotatable bonds is 34. The van der Waals surface area contributed by atoms with Crippen molar-refractivity contribution < 1.29 is 38.2 Å². The van der Waals surface area contributed by atoms with Gasteiger partial charge in [0.2, 0.25) is 0 Å². The number of hydrogen-bond donors (Lipinski definition) is 0. The Morgan fingerprint density at radius 2 is 1.08 bits per heavy atom. The van der Waals surface area contributed by atoms with Gasteiger partial charge in [-0.05, 0) is 57.8 Å². The van der Waals surface area contributed by atoms with Crippen molar-refractivity contribution >= 4 is 17.9 Å². The Morgan fingerprint density at radius 1 is 0.596 bits per heavy atom. The fourth-order valence-electron chi connectivity index (χ4n) is 5.32. The molecule has 0 aliphatic carbocycles. The maximum atomic E-state index is 12.5. The van der Waals surface area contributed by atoms with Crippen molar-refractivity contribution in [3.8, 4) is 0 Å². The van der Waals surface area contributed by atoms with Gasteiger partial charge in [-0.2, -0.15) is 0 Å². The van der Waals surface area contributed by atoms with Crippen LogP contribution in [-0.2, 0) is 28.6 Å². The molecule has 0 aliphatic heterocycles. The quantitative estimate of drug-likeness (QED) is 0.0282. The molecule has 0 saturated carbocycles. The monoisotopic (exact) mass is 728 g/mol. The van der Waals surface area contributed by atoms with Crippen molar-refractivity contribution in [3.63, 3.8) is 0 Å². The molecule has 0 aromatic heterocycles. The van der Waals surface area contributed by atoms with E-state index in [9.17, 15) is 19.5 Å². The normalized spacial score (nSPS) is 13.8. The molecular formula is C44H73NO7. The first-order chi connectivity index (χ1) is 25.1. The number of aliphatic carboxylic acids is 1. The van der Waals surface area contributed by atoms with Crippen molar-refractivity contribution in [2.75, 3.05) is 41.0 Å². The molecule has 0 spiro atoms. The molecule has 0 bridgehead atoms. The number of carboxylic acids is 1. The number of carboxylic acid groups (broad SMARTS) is 1. The van der Waals surface area contributed by atoms with Gasteiger partial charge in [0, 0.05) is 12.8 Å². The number of quaternary nitrogens is 1. The average Bonchev–Trinajstić information content (AvgIpc) is 3.09. The van der Waals surface area contributed by atoms with E-state index in [2.05, 4.69) is 68.5 Å². The summed E-state index contributed by atoms with van der Waals surface area (Å²) in [6.07, 6.45) is 42.6. The second kappa shape index (κ2) is 34.8. The molecule has 0 amide bonds. The van der Waals surface area contributed by atoms with E-state index in [-0.39, 0.29) is 43.1 Å². The Bertz CT molecular complexity index is 1080. The molecule has 52 heavy (non-hydrogen) atoms. The summed E-state index contributed by atoms with van der Waals surface area (Å²) in [6.45, 7) is 4.29. The third-order valence-corrected chi connectivity index (χ3v) is 8.37. The number of esters is 2. The van der Waals surface area contributed by atoms with Crippen molar-refractivity contribution in [1.82, 2.24) is 0 Å². The zero-order valence-corrected chi connectivity index (χ0v) is 33.4. The lowest BCUT2D eigenvalue weighted by Gasteiger charge is -2.34. The van der Waals surface area contributed by atoms with E-state index in [1.54, 1.807) is 27.2 Å². The largest absolute Gasteiger partial charge is 0.544 e. The van der Waals surface area contributed by atoms with E-state index in [4.69, 9.17) is 14.2 Å². The highest BCUT2D eigenvalue weighted by Crippen LogP contribution is 2.13. The number of hydrogen-bond acceptors (Lipinski definition) is 7. The fourth-order valence-corrected chi connectivity index (χ4v) is 5.32. The molecule has 0 aliphatic rings. The van der Waals surface area contributed by atoms with E-state index >= 15 is 0 Å². The molecule has 0 heterocycles. The topological polar surface area (TPSA) is 102 Å². The Balaban J connectivity index is 4.36. The highest BCUT2D eigenvalue weighted by atomic mass is 16.6. The number of unbranched alkanes of at least 4 members (excludes halogenated alkanes) is 9. The summed E-state index contributed by atoms with van der Waals surface area (Å²) in [5.41, 5.74) is 0. The Labute approximate surface area is 317 Å². The van der Waals surface area contributed by atoms with Gasteiger partial charge in [-0.3, -0.25) is 9.59 Å². The van der Waals surface area contributed by atoms with Crippen LogP contribution in [0.1, 0.15) is 136 Å². The summed E-state index contributed by atoms with van der Waals surface area (Å²) < 4.78 is 16.9. The minimum Gasteiger partial charge on any atom is -0.544 e. The van der Waals surface area contributed by atoms with Gasteiger partial charge >= 0.3 is 11.9 Å². The Hall–Kier alpha value is -3.23. The van der Waals surface area contributed by atoms with Crippen LogP contribution in [0.25, 0.3) is 0 Å². The molecule has 0 radical (unpaired) electrons. The van der Waals surface area contributed by atoms with Crippen LogP contribution in [0.4, 0.5) is 0 Å². The lowest BCUT2D eigenvalue weighted by Crippen LogP contribution is -2.55. The number of allylic oxidation sites excluding steroid dienone is 11. The average molecular weight is 728 g/mol. The maximum absolute atomic E-state index is 12.5. The number of ether oxygens (including phenoxy) is 3. The molecule has 0 rings (SSSR count). The predicted octanol–water partition coefficient (Wildman–Crippen LogP) is 9.07. The van der Waals surface area contributed by atoms with Crippen LogP contribution >= 0.6 is 0 Å². The SMILES string of the molecule is CC/C=C/C/C=C/C/C=C/CCCCCCCCCCCC(=O)OCC(COCCC(C(=O)[O-])[N+](C)(C)C)OC(=O)C/C=C/C/C=C/C/C=C/CC. The molecule has 2 atom stereocenters. The smallest absolute Gasteiger partial charge is 0.310 e. The molecule has 0 fully saturated rings. The van der Waals surface area contributed by atoms with Crippen LogP contribution in [0.15, 0.2) is 72.9 Å². The van der Waals surface area contributed by atoms with Gasteiger partial charge in [-0.1, -0.05) is 132 Å². The molecule has 296 valence electrons. The van der Waals surface area contributed by atoms with Gasteiger partial charge in [0.1, 0.15) is 12.6 Å². The molecular weight excluding hydrogens is 654 g/mol. The van der Waals surface area contributed by atoms with Gasteiger partial charge in [-0.25, -0.2) is 0 Å². The first kappa shape index (κ1) is 48.8. The third-order valence-electron chi connectivity index (χ3n) is 8.37. The van der Waals surface area contributed by atoms with E-state index in [0.29, 0.717) is 6.42 Å². The minimum absolute atomic E-state index is 0.000610. The molecule has 8 heteroatoms. The van der Waals surface area contributed by atoms with Crippen molar-refractivity contribution in [2.24, 2.45) is 0 Å². The minimum atomic E-state index is -1.14. The second-order valence-corrected chi connectivity index (χ2v) is 14.1. The van der Waals surface area contributed by atoms with Crippen molar-refractivity contribution in [2.45, 2.75) is 148 Å². The van der Waals surface area contributed by atoms with Gasteiger partial charge < -0.3 is 28.6 Å². The molecule has 0 N–H and O–H groups in total. The van der Waals surface area contributed by atoms with E-state index in [1.807, 2.05) is 12.2 Å². The maximum Gasteiger partial charge on any atom is 0.310 e. The summed E-state index contributed by atoms with van der Waals surface area (Å²) in [4.78, 5) is 36.6. The Kier molecular flexibility index (Phi) is 32.7. The predicted molar refractivity (Wildman–Crippen MR) is 212 cm³/mol. The van der Waals surface area contributed by atoms with Crippen LogP contribution in [0, 0.1) is 0 Å². The molecule has 8 nitrogen and oxygen atoms in total. The highest BCUT2D eigenvalue weighted by molar-refractivity contribution is 5.71. The van der Waals surface area contributed by atoms with Gasteiger partial charge in [0.25, 0.3) is 0 Å². The van der Waals surface area contributed by atoms with E-state index in [0.717, 1.165) is 64.2 Å². The lowest BCUT2D eigenvalue weighted by atomic mass is 10.1. The number of nitrogens with zero attached hydrogens (tertiary/aromatic N) is 1. The van der Waals surface area contributed by atoms with E-state index < -0.39 is 24.1 Å². The van der Waals surface area contributed by atoms with Gasteiger partial charge in [0.15, 0.2) is 6.10 Å². The van der Waals surface area contributed by atoms with Crippen LogP contribution < -0.4 is 5.11 Å². The van der Waals surface area contributed by atoms with Crippen LogP contribution in [-0.4, -0.2) is 75.5 Å². The Morgan fingerprint density at radius 3 is 1.60 bits per heavy atom. The first-order valence-electron chi connectivity index (χ1n) is 20.0. The number of carbonyl (C=O) groups excluding carboxylic acids is 3. The zero-order valence-electron chi connectivity index (χ0n) is 33.4. The third kappa shape index (κ3) is 32.7. The van der Waals surface area contributed by atoms with Crippen molar-refractivity contribution in [1.29, 1.82) is 0 Å². The summed E-state index contributed by atoms with van der Waals surface area (Å²) in [7, 11) is 5.36. The molecule has 2 unspecified atom stereocenters. The van der Waals surface area contributed by atoms with Crippen molar-refractivity contribution in [3.05, 3.63) is 72.9 Å². The standard InChI is InChI=1S/C44H73NO7/c1-6-8-10-12-14-16-17-18-19-20-21-22-23-24-25-27-28-30-32-34-42(46)51-39-40(38-50-37-36-41(44(48)49)45(3,4)5)52-43(47)35-33-31-29-26-15-13-11-9-7-2/h8-11,14-16,18-19,26,31,33,40-41H,6-7,12-13,17,20-25,27-30,32,34-39H2,1-5H3/b10-8+,11-9+,16-14+,19-18+,26-15+,33-31+.